The number of nitrogens with zero attached hydrogens (tertiary/aromatic N) is 1. The van der Waals surface area contributed by atoms with Crippen LogP contribution in [0.1, 0.15) is 62.3 Å². The predicted octanol–water partition coefficient (Wildman–Crippen LogP) is 3.47. The second-order valence-corrected chi connectivity index (χ2v) is 12.2. The molecule has 0 saturated carbocycles. The normalized spacial score (nSPS) is 18.0. The van der Waals surface area contributed by atoms with Gasteiger partial charge in [-0.3, -0.25) is 18.7 Å². The number of nitrogens with one attached hydrogen (secondary N) is 1. The predicted molar refractivity (Wildman–Crippen MR) is 122 cm³/mol. The zero-order chi connectivity index (χ0) is 25.5. The molecule has 1 saturated heterocycles. The Hall–Kier alpha value is -1.23. The molecule has 1 rings (SSSR count). The lowest BCUT2D eigenvalue weighted by atomic mass is 10.2. The van der Waals surface area contributed by atoms with Crippen LogP contribution in [0.15, 0.2) is 0 Å². The summed E-state index contributed by atoms with van der Waals surface area (Å²) >= 11 is 0. The van der Waals surface area contributed by atoms with Gasteiger partial charge in [0.05, 0.1) is 24.4 Å². The topological polar surface area (TPSA) is 122 Å². The van der Waals surface area contributed by atoms with E-state index in [1.165, 1.54) is 4.90 Å². The minimum Gasteiger partial charge on any atom is -0.459 e. The van der Waals surface area contributed by atoms with Crippen LogP contribution in [0.5, 0.6) is 0 Å². The summed E-state index contributed by atoms with van der Waals surface area (Å²) in [6.07, 6.45) is -0.841. The maximum Gasteiger partial charge on any atom is 0.478 e. The fourth-order valence-electron chi connectivity index (χ4n) is 2.71. The van der Waals surface area contributed by atoms with Crippen LogP contribution in [0.25, 0.3) is 0 Å². The number of rotatable bonds is 9. The summed E-state index contributed by atoms with van der Waals surface area (Å²) < 4.78 is 45.2. The van der Waals surface area contributed by atoms with E-state index < -0.39 is 43.5 Å². The van der Waals surface area contributed by atoms with Gasteiger partial charge in [0.15, 0.2) is 0 Å². The molecule has 0 aliphatic carbocycles. The SMILES string of the molecule is CC(C)(C)OC(=O)CN(C[C@H]1COCCN1)C(=O)OCOP(=O)(OC(C)(C)C)OC(C)(C)C. The molecule has 194 valence electrons. The summed E-state index contributed by atoms with van der Waals surface area (Å²) in [5, 5.41) is 3.22. The minimum absolute atomic E-state index is 0.146. The highest BCUT2D eigenvalue weighted by atomic mass is 31.2. The van der Waals surface area contributed by atoms with E-state index in [1.54, 1.807) is 62.3 Å². The van der Waals surface area contributed by atoms with Gasteiger partial charge < -0.3 is 19.5 Å². The van der Waals surface area contributed by atoms with Crippen molar-refractivity contribution in [3.05, 3.63) is 0 Å². The Balaban J connectivity index is 2.82. The highest BCUT2D eigenvalue weighted by molar-refractivity contribution is 7.48. The number of phosphoric acid groups is 1. The van der Waals surface area contributed by atoms with E-state index in [0.717, 1.165) is 0 Å². The van der Waals surface area contributed by atoms with Gasteiger partial charge in [0.1, 0.15) is 12.1 Å². The van der Waals surface area contributed by atoms with Gasteiger partial charge in [-0.15, -0.1) is 0 Å². The van der Waals surface area contributed by atoms with Crippen LogP contribution in [0.2, 0.25) is 0 Å². The molecule has 1 heterocycles. The van der Waals surface area contributed by atoms with E-state index in [9.17, 15) is 14.2 Å². The Kier molecular flexibility index (Phi) is 10.8. The van der Waals surface area contributed by atoms with Crippen LogP contribution in [0, 0.1) is 0 Å². The molecule has 0 spiro atoms. The molecule has 0 bridgehead atoms. The quantitative estimate of drug-likeness (QED) is 0.288. The third kappa shape index (κ3) is 13.9. The first-order valence-electron chi connectivity index (χ1n) is 11.0. The molecule has 11 nitrogen and oxygen atoms in total. The molecule has 1 amide bonds. The molecular formula is C21H41N2O9P. The first-order valence-corrected chi connectivity index (χ1v) is 12.4. The van der Waals surface area contributed by atoms with Crippen LogP contribution < -0.4 is 5.32 Å². The van der Waals surface area contributed by atoms with Crippen LogP contribution in [0.3, 0.4) is 0 Å². The van der Waals surface area contributed by atoms with Crippen LogP contribution in [-0.4, -0.2) is 79.4 Å². The number of esters is 1. The van der Waals surface area contributed by atoms with Gasteiger partial charge >= 0.3 is 19.9 Å². The second-order valence-electron chi connectivity index (χ2n) is 10.7. The van der Waals surface area contributed by atoms with E-state index in [1.807, 2.05) is 0 Å². The van der Waals surface area contributed by atoms with E-state index in [4.69, 9.17) is 27.8 Å². The third-order valence-corrected chi connectivity index (χ3v) is 5.57. The number of carbonyl (C=O) groups excluding carboxylic acids is 2. The number of morpholine rings is 1. The lowest BCUT2D eigenvalue weighted by Crippen LogP contribution is -2.51. The first-order chi connectivity index (χ1) is 14.9. The largest absolute Gasteiger partial charge is 0.478 e. The van der Waals surface area contributed by atoms with Crippen molar-refractivity contribution < 1.29 is 41.9 Å². The van der Waals surface area contributed by atoms with E-state index >= 15 is 0 Å². The lowest BCUT2D eigenvalue weighted by molar-refractivity contribution is -0.156. The average molecular weight is 497 g/mol. The minimum atomic E-state index is -4.06. The van der Waals surface area contributed by atoms with Crippen molar-refractivity contribution in [2.75, 3.05) is 39.6 Å². The lowest BCUT2D eigenvalue weighted by Gasteiger charge is -2.32. The molecule has 12 heteroatoms. The van der Waals surface area contributed by atoms with Crippen molar-refractivity contribution in [2.45, 2.75) is 85.2 Å². The molecule has 0 unspecified atom stereocenters. The summed E-state index contributed by atoms with van der Waals surface area (Å²) in [7, 11) is -4.06. The molecule has 1 fully saturated rings. The standard InChI is InChI=1S/C21H41N2O9P/c1-19(2,3)30-17(24)13-23(12-16-14-27-11-10-22-16)18(25)28-15-29-33(26,31-20(4,5)6)32-21(7,8)9/h16,22H,10-15H2,1-9H3/t16-/m0/s1. The van der Waals surface area contributed by atoms with Crippen molar-refractivity contribution >= 4 is 19.9 Å². The molecule has 0 aromatic rings. The van der Waals surface area contributed by atoms with E-state index in [2.05, 4.69) is 5.32 Å². The third-order valence-electron chi connectivity index (χ3n) is 3.60. The Morgan fingerprint density at radius 3 is 2.03 bits per heavy atom. The Bertz CT molecular complexity index is 669. The van der Waals surface area contributed by atoms with Gasteiger partial charge in [-0.25, -0.2) is 13.9 Å². The zero-order valence-corrected chi connectivity index (χ0v) is 22.3. The van der Waals surface area contributed by atoms with Crippen molar-refractivity contribution in [2.24, 2.45) is 0 Å². The summed E-state index contributed by atoms with van der Waals surface area (Å²) in [5.41, 5.74) is -2.37. The van der Waals surface area contributed by atoms with Crippen molar-refractivity contribution in [3.63, 3.8) is 0 Å². The molecule has 1 atom stereocenters. The number of hydrogen-bond donors (Lipinski definition) is 1. The van der Waals surface area contributed by atoms with Gasteiger partial charge in [0.25, 0.3) is 0 Å². The van der Waals surface area contributed by atoms with Crippen LogP contribution >= 0.6 is 7.82 Å². The van der Waals surface area contributed by atoms with Crippen LogP contribution in [0.4, 0.5) is 4.79 Å². The number of hydrogen-bond acceptors (Lipinski definition) is 10. The maximum atomic E-state index is 13.1. The molecule has 0 aromatic heterocycles. The second kappa shape index (κ2) is 12.0. The Morgan fingerprint density at radius 1 is 1.00 bits per heavy atom. The number of amides is 1. The number of ether oxygens (including phenoxy) is 3. The Morgan fingerprint density at radius 2 is 1.58 bits per heavy atom. The summed E-state index contributed by atoms with van der Waals surface area (Å²) in [4.78, 5) is 26.3. The van der Waals surface area contributed by atoms with Gasteiger partial charge in [0.2, 0.25) is 6.79 Å². The fraction of sp³-hybridized carbons (Fsp3) is 0.905. The summed E-state index contributed by atoms with van der Waals surface area (Å²) in [6.45, 7) is 16.1. The van der Waals surface area contributed by atoms with Gasteiger partial charge in [-0.05, 0) is 62.3 Å². The smallest absolute Gasteiger partial charge is 0.459 e. The molecule has 33 heavy (non-hydrogen) atoms. The molecule has 1 aliphatic heterocycles. The maximum absolute atomic E-state index is 13.1. The zero-order valence-electron chi connectivity index (χ0n) is 21.4. The van der Waals surface area contributed by atoms with E-state index in [-0.39, 0.29) is 19.1 Å². The van der Waals surface area contributed by atoms with Crippen molar-refractivity contribution in [3.8, 4) is 0 Å². The molecule has 1 aliphatic rings. The highest BCUT2D eigenvalue weighted by Gasteiger charge is 2.38. The molecule has 0 aromatic carbocycles. The molecule has 0 radical (unpaired) electrons. The fourth-order valence-corrected chi connectivity index (χ4v) is 4.38. The molecule has 1 N–H and O–H groups in total. The first kappa shape index (κ1) is 29.8. The van der Waals surface area contributed by atoms with Crippen molar-refractivity contribution in [1.82, 2.24) is 10.2 Å². The number of carbonyl (C=O) groups is 2. The monoisotopic (exact) mass is 496 g/mol. The highest BCUT2D eigenvalue weighted by Crippen LogP contribution is 2.55. The van der Waals surface area contributed by atoms with Crippen LogP contribution in [-0.2, 0) is 37.1 Å². The summed E-state index contributed by atoms with van der Waals surface area (Å²) in [5.74, 6) is -0.588. The van der Waals surface area contributed by atoms with Gasteiger partial charge in [-0.2, -0.15) is 0 Å². The Labute approximate surface area is 197 Å². The van der Waals surface area contributed by atoms with E-state index in [0.29, 0.717) is 19.8 Å². The van der Waals surface area contributed by atoms with Gasteiger partial charge in [0, 0.05) is 19.1 Å². The number of phosphoric ester groups is 1. The van der Waals surface area contributed by atoms with Crippen molar-refractivity contribution in [1.29, 1.82) is 0 Å². The summed E-state index contributed by atoms with van der Waals surface area (Å²) in [6, 6.07) is -0.186. The average Bonchev–Trinajstić information content (AvgIpc) is 2.56. The molecular weight excluding hydrogens is 455 g/mol. The van der Waals surface area contributed by atoms with Gasteiger partial charge in [-0.1, -0.05) is 0 Å².